The van der Waals surface area contributed by atoms with Crippen molar-refractivity contribution in [2.45, 2.75) is 32.2 Å². The Labute approximate surface area is 174 Å². The van der Waals surface area contributed by atoms with Crippen LogP contribution in [0.3, 0.4) is 0 Å². The molecule has 3 aromatic rings. The summed E-state index contributed by atoms with van der Waals surface area (Å²) in [6, 6.07) is 6.60. The van der Waals surface area contributed by atoms with Gasteiger partial charge in [0.15, 0.2) is 5.69 Å². The number of amides is 1. The molecule has 0 radical (unpaired) electrons. The number of carbonyl (C=O) groups is 1. The van der Waals surface area contributed by atoms with Crippen molar-refractivity contribution in [2.24, 2.45) is 5.73 Å². The molecular weight excluding hydrogens is 383 g/mol. The van der Waals surface area contributed by atoms with Crippen molar-refractivity contribution in [1.29, 1.82) is 0 Å². The number of anilines is 3. The molecule has 3 heterocycles. The molecule has 2 aromatic heterocycles. The Bertz CT molecular complexity index is 1100. The molecule has 1 aliphatic heterocycles. The SMILES string of the molecule is CCc1cc2nc(C(=O)Nc3cnccc3N3CCC[C@H](N)C3)c(N)cc2cc1F. The third-order valence-corrected chi connectivity index (χ3v) is 5.45. The van der Waals surface area contributed by atoms with E-state index in [0.717, 1.165) is 25.1 Å². The van der Waals surface area contributed by atoms with Crippen LogP contribution in [0.15, 0.2) is 36.7 Å². The zero-order valence-corrected chi connectivity index (χ0v) is 16.9. The fraction of sp³-hybridized carbons (Fsp3) is 0.318. The van der Waals surface area contributed by atoms with Gasteiger partial charge in [-0.15, -0.1) is 0 Å². The van der Waals surface area contributed by atoms with Crippen molar-refractivity contribution in [1.82, 2.24) is 9.97 Å². The lowest BCUT2D eigenvalue weighted by molar-refractivity contribution is 0.102. The number of hydrogen-bond donors (Lipinski definition) is 3. The number of nitrogens with one attached hydrogen (secondary N) is 1. The number of piperidine rings is 1. The number of nitrogen functional groups attached to an aromatic ring is 1. The molecule has 1 amide bonds. The predicted molar refractivity (Wildman–Crippen MR) is 117 cm³/mol. The molecule has 7 nitrogen and oxygen atoms in total. The van der Waals surface area contributed by atoms with E-state index >= 15 is 0 Å². The topological polar surface area (TPSA) is 110 Å². The summed E-state index contributed by atoms with van der Waals surface area (Å²) in [7, 11) is 0. The van der Waals surface area contributed by atoms with Crippen LogP contribution in [0.1, 0.15) is 35.8 Å². The number of nitrogens with zero attached hydrogens (tertiary/aromatic N) is 3. The van der Waals surface area contributed by atoms with Gasteiger partial charge in [-0.05, 0) is 49.1 Å². The lowest BCUT2D eigenvalue weighted by Gasteiger charge is -2.33. The highest BCUT2D eigenvalue weighted by molar-refractivity contribution is 6.09. The Kier molecular flexibility index (Phi) is 5.50. The Morgan fingerprint density at radius 1 is 1.37 bits per heavy atom. The van der Waals surface area contributed by atoms with Crippen LogP contribution in [-0.4, -0.2) is 35.0 Å². The van der Waals surface area contributed by atoms with Crippen LogP contribution < -0.4 is 21.7 Å². The van der Waals surface area contributed by atoms with Crippen LogP contribution in [0, 0.1) is 5.82 Å². The van der Waals surface area contributed by atoms with Crippen molar-refractivity contribution in [2.75, 3.05) is 29.0 Å². The molecule has 0 spiro atoms. The number of aromatic nitrogens is 2. The molecule has 30 heavy (non-hydrogen) atoms. The smallest absolute Gasteiger partial charge is 0.276 e. The Morgan fingerprint density at radius 3 is 2.97 bits per heavy atom. The molecule has 5 N–H and O–H groups in total. The number of rotatable bonds is 4. The highest BCUT2D eigenvalue weighted by Crippen LogP contribution is 2.29. The van der Waals surface area contributed by atoms with E-state index in [1.807, 2.05) is 13.0 Å². The summed E-state index contributed by atoms with van der Waals surface area (Å²) >= 11 is 0. The molecule has 1 aromatic carbocycles. The van der Waals surface area contributed by atoms with Gasteiger partial charge < -0.3 is 21.7 Å². The number of pyridine rings is 2. The fourth-order valence-electron chi connectivity index (χ4n) is 3.88. The second kappa shape index (κ2) is 8.23. The number of nitrogens with two attached hydrogens (primary N) is 2. The molecule has 156 valence electrons. The van der Waals surface area contributed by atoms with Gasteiger partial charge >= 0.3 is 0 Å². The first-order chi connectivity index (χ1) is 14.5. The van der Waals surface area contributed by atoms with Gasteiger partial charge in [0.1, 0.15) is 5.82 Å². The number of aryl methyl sites for hydroxylation is 1. The normalized spacial score (nSPS) is 16.6. The number of carbonyl (C=O) groups excluding carboxylic acids is 1. The average molecular weight is 408 g/mol. The third-order valence-electron chi connectivity index (χ3n) is 5.45. The van der Waals surface area contributed by atoms with E-state index in [1.165, 1.54) is 6.07 Å². The second-order valence-corrected chi connectivity index (χ2v) is 7.61. The zero-order chi connectivity index (χ0) is 21.3. The maximum absolute atomic E-state index is 14.1. The van der Waals surface area contributed by atoms with E-state index in [9.17, 15) is 9.18 Å². The zero-order valence-electron chi connectivity index (χ0n) is 16.9. The molecule has 1 fully saturated rings. The highest BCUT2D eigenvalue weighted by Gasteiger charge is 2.21. The summed E-state index contributed by atoms with van der Waals surface area (Å²) < 4.78 is 14.1. The molecule has 8 heteroatoms. The van der Waals surface area contributed by atoms with Crippen LogP contribution in [0.2, 0.25) is 0 Å². The second-order valence-electron chi connectivity index (χ2n) is 7.61. The van der Waals surface area contributed by atoms with Crippen LogP contribution >= 0.6 is 0 Å². The summed E-state index contributed by atoms with van der Waals surface area (Å²) in [5.41, 5.74) is 15.0. The minimum atomic E-state index is -0.438. The minimum absolute atomic E-state index is 0.0984. The molecule has 1 aliphatic rings. The van der Waals surface area contributed by atoms with E-state index in [2.05, 4.69) is 20.2 Å². The van der Waals surface area contributed by atoms with Crippen LogP contribution in [-0.2, 0) is 6.42 Å². The maximum atomic E-state index is 14.1. The quantitative estimate of drug-likeness (QED) is 0.612. The summed E-state index contributed by atoms with van der Waals surface area (Å²) in [6.07, 6.45) is 5.81. The third kappa shape index (κ3) is 3.91. The first-order valence-corrected chi connectivity index (χ1v) is 10.1. The van der Waals surface area contributed by atoms with Crippen LogP contribution in [0.4, 0.5) is 21.5 Å². The van der Waals surface area contributed by atoms with E-state index in [-0.39, 0.29) is 23.2 Å². The monoisotopic (exact) mass is 408 g/mol. The lowest BCUT2D eigenvalue weighted by atomic mass is 10.1. The first-order valence-electron chi connectivity index (χ1n) is 10.1. The molecule has 0 bridgehead atoms. The van der Waals surface area contributed by atoms with Crippen LogP contribution in [0.5, 0.6) is 0 Å². The molecule has 1 atom stereocenters. The van der Waals surface area contributed by atoms with Gasteiger partial charge in [-0.2, -0.15) is 0 Å². The molecule has 4 rings (SSSR count). The van der Waals surface area contributed by atoms with Crippen molar-refractivity contribution >= 4 is 33.9 Å². The van der Waals surface area contributed by atoms with Gasteiger partial charge in [0.2, 0.25) is 0 Å². The van der Waals surface area contributed by atoms with E-state index < -0.39 is 5.91 Å². The van der Waals surface area contributed by atoms with Gasteiger partial charge in [0.25, 0.3) is 5.91 Å². The number of hydrogen-bond acceptors (Lipinski definition) is 6. The van der Waals surface area contributed by atoms with Gasteiger partial charge in [0.05, 0.1) is 28.8 Å². The average Bonchev–Trinajstić information content (AvgIpc) is 2.73. The van der Waals surface area contributed by atoms with Gasteiger partial charge in [-0.3, -0.25) is 9.78 Å². The van der Waals surface area contributed by atoms with Crippen molar-refractivity contribution in [3.05, 3.63) is 53.7 Å². The molecular formula is C22H25FN6O. The van der Waals surface area contributed by atoms with Crippen molar-refractivity contribution in [3.8, 4) is 0 Å². The molecule has 1 saturated heterocycles. The largest absolute Gasteiger partial charge is 0.397 e. The predicted octanol–water partition coefficient (Wildman–Crippen LogP) is 3.09. The van der Waals surface area contributed by atoms with Crippen molar-refractivity contribution < 1.29 is 9.18 Å². The number of benzene rings is 1. The summed E-state index contributed by atoms with van der Waals surface area (Å²) in [5, 5.41) is 3.44. The number of fused-ring (bicyclic) bond motifs is 1. The molecule has 0 unspecified atom stereocenters. The first kappa shape index (κ1) is 20.0. The number of halogens is 1. The lowest BCUT2D eigenvalue weighted by Crippen LogP contribution is -2.43. The Morgan fingerprint density at radius 2 is 2.20 bits per heavy atom. The Hall–Kier alpha value is -3.26. The Balaban J connectivity index is 1.65. The van der Waals surface area contributed by atoms with E-state index in [0.29, 0.717) is 35.1 Å². The van der Waals surface area contributed by atoms with Crippen molar-refractivity contribution in [3.63, 3.8) is 0 Å². The van der Waals surface area contributed by atoms with Gasteiger partial charge in [0, 0.05) is 30.7 Å². The molecule has 0 aliphatic carbocycles. The molecule has 0 saturated carbocycles. The van der Waals surface area contributed by atoms with Gasteiger partial charge in [-0.1, -0.05) is 6.92 Å². The summed E-state index contributed by atoms with van der Waals surface area (Å²) in [5.74, 6) is -0.740. The highest BCUT2D eigenvalue weighted by atomic mass is 19.1. The minimum Gasteiger partial charge on any atom is -0.397 e. The standard InChI is InChI=1S/C22H25FN6O/c1-2-13-10-18-14(8-16(13)23)9-17(25)21(27-18)22(30)28-19-11-26-6-5-20(19)29-7-3-4-15(24)12-29/h5-6,8-11,15H,2-4,7,12,24-25H2,1H3,(H,28,30)/t15-/m0/s1. The fourth-order valence-corrected chi connectivity index (χ4v) is 3.88. The van der Waals surface area contributed by atoms with Gasteiger partial charge in [-0.25, -0.2) is 9.37 Å². The summed E-state index contributed by atoms with van der Waals surface area (Å²) in [4.78, 5) is 23.7. The maximum Gasteiger partial charge on any atom is 0.276 e. The van der Waals surface area contributed by atoms with E-state index in [1.54, 1.807) is 24.5 Å². The summed E-state index contributed by atoms with van der Waals surface area (Å²) in [6.45, 7) is 3.45. The van der Waals surface area contributed by atoms with E-state index in [4.69, 9.17) is 11.5 Å². The van der Waals surface area contributed by atoms with Crippen LogP contribution in [0.25, 0.3) is 10.9 Å².